The van der Waals surface area contributed by atoms with E-state index in [0.29, 0.717) is 49.6 Å². The van der Waals surface area contributed by atoms with Gasteiger partial charge in [-0.05, 0) is 25.3 Å². The molecule has 2 N–H and O–H groups in total. The van der Waals surface area contributed by atoms with Gasteiger partial charge in [-0.15, -0.1) is 0 Å². The molecule has 0 radical (unpaired) electrons. The summed E-state index contributed by atoms with van der Waals surface area (Å²) in [5, 5.41) is 14.7. The molecule has 1 aliphatic rings. The van der Waals surface area contributed by atoms with Crippen LogP contribution in [0.3, 0.4) is 0 Å². The van der Waals surface area contributed by atoms with Gasteiger partial charge in [0.05, 0.1) is 37.3 Å². The van der Waals surface area contributed by atoms with E-state index >= 15 is 0 Å². The van der Waals surface area contributed by atoms with Gasteiger partial charge in [-0.25, -0.2) is 9.78 Å². The first-order valence-corrected chi connectivity index (χ1v) is 9.52. The van der Waals surface area contributed by atoms with Crippen LogP contribution in [0.4, 0.5) is 10.6 Å². The second-order valence-corrected chi connectivity index (χ2v) is 7.03. The number of methoxy groups -OCH3 is 1. The van der Waals surface area contributed by atoms with Crippen LogP contribution in [-0.4, -0.2) is 52.6 Å². The maximum atomic E-state index is 11.8. The van der Waals surface area contributed by atoms with Crippen molar-refractivity contribution in [2.24, 2.45) is 0 Å². The molecule has 1 saturated heterocycles. The average molecular weight is 386 g/mol. The molecule has 2 aromatic rings. The zero-order valence-corrected chi connectivity index (χ0v) is 16.3. The molecule has 150 valence electrons. The molecule has 0 aliphatic carbocycles. The molecule has 9 heteroatoms. The van der Waals surface area contributed by atoms with Gasteiger partial charge in [0.1, 0.15) is 5.39 Å². The number of nitrogen functional groups attached to an aromatic ring is 1. The number of carbonyl (C=O) groups is 1. The Bertz CT molecular complexity index is 880. The first-order chi connectivity index (χ1) is 13.6. The standard InChI is InChI=1S/C19H26N6O3/c1-3-4-13-28-17-15-14(5-10-22-17)25(23-16(15)21)19(6-9-20)7-11-24(12-8-19)18(26)27-2/h5,10H,3-4,6-8,11-13H2,1-2H3,(H2,21,23). The Morgan fingerprint density at radius 2 is 2.18 bits per heavy atom. The third kappa shape index (κ3) is 3.54. The van der Waals surface area contributed by atoms with Crippen molar-refractivity contribution in [3.8, 4) is 11.9 Å². The number of nitriles is 1. The van der Waals surface area contributed by atoms with E-state index < -0.39 is 5.54 Å². The van der Waals surface area contributed by atoms with Gasteiger partial charge in [-0.1, -0.05) is 13.3 Å². The van der Waals surface area contributed by atoms with Crippen LogP contribution < -0.4 is 10.5 Å². The molecule has 0 saturated carbocycles. The molecule has 0 unspecified atom stereocenters. The van der Waals surface area contributed by atoms with Crippen LogP contribution in [0.5, 0.6) is 5.88 Å². The summed E-state index contributed by atoms with van der Waals surface area (Å²) >= 11 is 0. The van der Waals surface area contributed by atoms with E-state index in [0.717, 1.165) is 18.4 Å². The monoisotopic (exact) mass is 386 g/mol. The SMILES string of the molecule is CCCCOc1nccc2c1c(N)nn2C1(CC#N)CCN(C(=O)OC)CC1. The van der Waals surface area contributed by atoms with Gasteiger partial charge < -0.3 is 20.1 Å². The first-order valence-electron chi connectivity index (χ1n) is 9.52. The Balaban J connectivity index is 1.97. The number of ether oxygens (including phenoxy) is 2. The predicted octanol–water partition coefficient (Wildman–Crippen LogP) is 2.66. The molecule has 9 nitrogen and oxygen atoms in total. The van der Waals surface area contributed by atoms with Crippen molar-refractivity contribution in [3.05, 3.63) is 12.3 Å². The van der Waals surface area contributed by atoms with Crippen LogP contribution in [0.1, 0.15) is 39.0 Å². The summed E-state index contributed by atoms with van der Waals surface area (Å²) in [5.41, 5.74) is 6.47. The minimum absolute atomic E-state index is 0.270. The average Bonchev–Trinajstić information content (AvgIpc) is 3.06. The molecule has 28 heavy (non-hydrogen) atoms. The number of hydrogen-bond donors (Lipinski definition) is 1. The number of pyridine rings is 1. The van der Waals surface area contributed by atoms with Gasteiger partial charge in [0, 0.05) is 19.3 Å². The van der Waals surface area contributed by atoms with Crippen LogP contribution in [0, 0.1) is 11.3 Å². The molecule has 0 bridgehead atoms. The predicted molar refractivity (Wildman–Crippen MR) is 104 cm³/mol. The Morgan fingerprint density at radius 1 is 1.43 bits per heavy atom. The van der Waals surface area contributed by atoms with Crippen LogP contribution in [0.25, 0.3) is 10.9 Å². The normalized spacial score (nSPS) is 16.0. The molecule has 2 aromatic heterocycles. The molecular formula is C19H26N6O3. The summed E-state index contributed by atoms with van der Waals surface area (Å²) < 4.78 is 12.5. The largest absolute Gasteiger partial charge is 0.477 e. The second kappa shape index (κ2) is 8.33. The third-order valence-corrected chi connectivity index (χ3v) is 5.31. The minimum atomic E-state index is -0.544. The first kappa shape index (κ1) is 19.7. The molecule has 1 amide bonds. The number of nitrogens with two attached hydrogens (primary N) is 1. The van der Waals surface area contributed by atoms with Gasteiger partial charge in [0.15, 0.2) is 5.82 Å². The summed E-state index contributed by atoms with van der Waals surface area (Å²) in [4.78, 5) is 17.8. The third-order valence-electron chi connectivity index (χ3n) is 5.31. The van der Waals surface area contributed by atoms with Crippen molar-refractivity contribution >= 4 is 22.8 Å². The summed E-state index contributed by atoms with van der Waals surface area (Å²) in [7, 11) is 1.37. The number of anilines is 1. The minimum Gasteiger partial charge on any atom is -0.477 e. The fourth-order valence-corrected chi connectivity index (χ4v) is 3.69. The van der Waals surface area contributed by atoms with E-state index in [1.165, 1.54) is 7.11 Å². The van der Waals surface area contributed by atoms with Gasteiger partial charge in [0.2, 0.25) is 5.88 Å². The van der Waals surface area contributed by atoms with E-state index in [1.807, 2.05) is 10.7 Å². The zero-order valence-electron chi connectivity index (χ0n) is 16.3. The van der Waals surface area contributed by atoms with E-state index in [9.17, 15) is 10.1 Å². The van der Waals surface area contributed by atoms with E-state index in [2.05, 4.69) is 23.1 Å². The lowest BCUT2D eigenvalue weighted by molar-refractivity contribution is 0.0794. The molecule has 3 heterocycles. The fourth-order valence-electron chi connectivity index (χ4n) is 3.69. The van der Waals surface area contributed by atoms with Crippen molar-refractivity contribution in [2.75, 3.05) is 32.5 Å². The van der Waals surface area contributed by atoms with E-state index in [4.69, 9.17) is 15.2 Å². The van der Waals surface area contributed by atoms with Gasteiger partial charge >= 0.3 is 6.09 Å². The highest BCUT2D eigenvalue weighted by atomic mass is 16.5. The smallest absolute Gasteiger partial charge is 0.409 e. The number of amides is 1. The Morgan fingerprint density at radius 3 is 2.82 bits per heavy atom. The van der Waals surface area contributed by atoms with Gasteiger partial charge in [0.25, 0.3) is 0 Å². The molecule has 0 spiro atoms. The Kier molecular flexibility index (Phi) is 5.87. The van der Waals surface area contributed by atoms with Crippen molar-refractivity contribution < 1.29 is 14.3 Å². The molecule has 3 rings (SSSR count). The molecule has 0 atom stereocenters. The van der Waals surface area contributed by atoms with E-state index in [-0.39, 0.29) is 12.5 Å². The van der Waals surface area contributed by atoms with Gasteiger partial charge in [-0.2, -0.15) is 10.4 Å². The lowest BCUT2D eigenvalue weighted by atomic mass is 9.85. The number of aromatic nitrogens is 3. The quantitative estimate of drug-likeness (QED) is 0.758. The van der Waals surface area contributed by atoms with Crippen molar-refractivity contribution in [3.63, 3.8) is 0 Å². The molecular weight excluding hydrogens is 360 g/mol. The van der Waals surface area contributed by atoms with Crippen LogP contribution in [0.15, 0.2) is 12.3 Å². The number of likely N-dealkylation sites (tertiary alicyclic amines) is 1. The number of rotatable bonds is 6. The number of carbonyl (C=O) groups excluding carboxylic acids is 1. The van der Waals surface area contributed by atoms with Crippen LogP contribution in [0.2, 0.25) is 0 Å². The highest BCUT2D eigenvalue weighted by molar-refractivity contribution is 5.93. The van der Waals surface area contributed by atoms with Crippen molar-refractivity contribution in [2.45, 2.75) is 44.6 Å². The maximum Gasteiger partial charge on any atom is 0.409 e. The molecule has 0 aromatic carbocycles. The Hall–Kier alpha value is -3.02. The fraction of sp³-hybridized carbons (Fsp3) is 0.579. The lowest BCUT2D eigenvalue weighted by Gasteiger charge is -2.40. The zero-order chi connectivity index (χ0) is 20.1. The second-order valence-electron chi connectivity index (χ2n) is 7.03. The van der Waals surface area contributed by atoms with Crippen LogP contribution >= 0.6 is 0 Å². The molecule has 1 aliphatic heterocycles. The summed E-state index contributed by atoms with van der Waals surface area (Å²) in [5.74, 6) is 0.802. The van der Waals surface area contributed by atoms with Gasteiger partial charge in [-0.3, -0.25) is 4.68 Å². The summed E-state index contributed by atoms with van der Waals surface area (Å²) in [6.45, 7) is 3.63. The van der Waals surface area contributed by atoms with E-state index in [1.54, 1.807) is 11.1 Å². The molecule has 1 fully saturated rings. The summed E-state index contributed by atoms with van der Waals surface area (Å²) in [6.07, 6.45) is 4.70. The lowest BCUT2D eigenvalue weighted by Crippen LogP contribution is -2.48. The topological polar surface area (TPSA) is 119 Å². The highest BCUT2D eigenvalue weighted by Gasteiger charge is 2.40. The number of hydrogen-bond acceptors (Lipinski definition) is 7. The number of nitrogens with zero attached hydrogens (tertiary/aromatic N) is 5. The highest BCUT2D eigenvalue weighted by Crippen LogP contribution is 2.39. The number of unbranched alkanes of at least 4 members (excludes halogenated alkanes) is 1. The number of piperidine rings is 1. The van der Waals surface area contributed by atoms with Crippen molar-refractivity contribution in [1.82, 2.24) is 19.7 Å². The van der Waals surface area contributed by atoms with Crippen LogP contribution in [-0.2, 0) is 10.3 Å². The van der Waals surface area contributed by atoms with Crippen molar-refractivity contribution in [1.29, 1.82) is 5.26 Å². The summed E-state index contributed by atoms with van der Waals surface area (Å²) in [6, 6.07) is 4.13. The Labute approximate surface area is 164 Å². The number of fused-ring (bicyclic) bond motifs is 1. The maximum absolute atomic E-state index is 11.8.